The van der Waals surface area contributed by atoms with E-state index in [-0.39, 0.29) is 42.8 Å². The first-order chi connectivity index (χ1) is 17.7. The molecular weight excluding hydrogens is 500 g/mol. The highest BCUT2D eigenvalue weighted by atomic mass is 16.6. The van der Waals surface area contributed by atoms with Gasteiger partial charge in [-0.2, -0.15) is 0 Å². The third kappa shape index (κ3) is 4.54. The minimum absolute atomic E-state index is 0.0274. The number of hydrogen-bond donors (Lipinski definition) is 4. The van der Waals surface area contributed by atoms with E-state index in [1.807, 2.05) is 27.7 Å². The standard InChI is InChI=1S/C31H48O8/c1-16(32)39-27(2,3)12-11-23(35)31(8,38)25-21(33)13-19-18-10-9-17-20(14-22(34)26(37)28(17,4)5)30(18,7)24(36)15-29(19,25)6/h9,18-22,25-26,33-34,37-38H,10-15H2,1-8H3/t18-,19?,20+,21+,22-,25-,26+,29-,30+,31-/m0/s1. The molecule has 0 radical (unpaired) electrons. The van der Waals surface area contributed by atoms with Crippen LogP contribution in [0.3, 0.4) is 0 Å². The minimum Gasteiger partial charge on any atom is -0.460 e. The summed E-state index contributed by atoms with van der Waals surface area (Å²) in [6.45, 7) is 13.9. The van der Waals surface area contributed by atoms with Gasteiger partial charge in [-0.1, -0.05) is 39.3 Å². The predicted molar refractivity (Wildman–Crippen MR) is 144 cm³/mol. The maximum Gasteiger partial charge on any atom is 0.303 e. The first kappa shape index (κ1) is 30.4. The number of esters is 1. The molecule has 1 unspecified atom stereocenters. The second kappa shape index (κ2) is 9.47. The third-order valence-electron chi connectivity index (χ3n) is 11.4. The smallest absolute Gasteiger partial charge is 0.303 e. The fourth-order valence-corrected chi connectivity index (χ4v) is 9.35. The zero-order valence-electron chi connectivity index (χ0n) is 24.8. The Hall–Kier alpha value is -1.61. The van der Waals surface area contributed by atoms with Gasteiger partial charge in [0.15, 0.2) is 5.78 Å². The maximum atomic E-state index is 14.2. The Kier molecular flexibility index (Phi) is 7.37. The van der Waals surface area contributed by atoms with Crippen LogP contribution in [0.25, 0.3) is 0 Å². The van der Waals surface area contributed by atoms with E-state index >= 15 is 0 Å². The highest BCUT2D eigenvalue weighted by molar-refractivity contribution is 5.90. The number of Topliss-reactive ketones (excluding diaryl/α,β-unsaturated/α-hetero) is 2. The van der Waals surface area contributed by atoms with Crippen LogP contribution < -0.4 is 0 Å². The lowest BCUT2D eigenvalue weighted by Crippen LogP contribution is -2.63. The Morgan fingerprint density at radius 2 is 1.64 bits per heavy atom. The topological polar surface area (TPSA) is 141 Å². The van der Waals surface area contributed by atoms with Gasteiger partial charge in [0.2, 0.25) is 0 Å². The van der Waals surface area contributed by atoms with Gasteiger partial charge in [0.05, 0.1) is 18.3 Å². The zero-order valence-corrected chi connectivity index (χ0v) is 24.8. The van der Waals surface area contributed by atoms with E-state index in [1.54, 1.807) is 13.8 Å². The van der Waals surface area contributed by atoms with Crippen molar-refractivity contribution < 1.29 is 39.5 Å². The normalized spacial score (nSPS) is 42.9. The molecule has 4 aliphatic carbocycles. The summed E-state index contributed by atoms with van der Waals surface area (Å²) < 4.78 is 5.30. The number of carbonyl (C=O) groups is 3. The second-order valence-electron chi connectivity index (χ2n) is 14.7. The van der Waals surface area contributed by atoms with Gasteiger partial charge in [0.1, 0.15) is 17.0 Å². The molecule has 0 aromatic rings. The van der Waals surface area contributed by atoms with Crippen LogP contribution in [0, 0.1) is 39.9 Å². The average Bonchev–Trinajstić information content (AvgIpc) is 3.06. The van der Waals surface area contributed by atoms with Crippen LogP contribution in [0.15, 0.2) is 11.6 Å². The molecular formula is C31H48O8. The molecule has 0 spiro atoms. The Morgan fingerprint density at radius 1 is 1.03 bits per heavy atom. The Balaban J connectivity index is 1.65. The second-order valence-corrected chi connectivity index (χ2v) is 14.7. The van der Waals surface area contributed by atoms with Gasteiger partial charge in [0, 0.05) is 36.5 Å². The molecule has 8 nitrogen and oxygen atoms in total. The number of aliphatic hydroxyl groups is 4. The molecule has 4 rings (SSSR count). The monoisotopic (exact) mass is 548 g/mol. The lowest BCUT2D eigenvalue weighted by Gasteiger charge is -2.61. The van der Waals surface area contributed by atoms with Crippen molar-refractivity contribution in [3.05, 3.63) is 11.6 Å². The summed E-state index contributed by atoms with van der Waals surface area (Å²) in [4.78, 5) is 39.1. The van der Waals surface area contributed by atoms with Crippen molar-refractivity contribution in [1.29, 1.82) is 0 Å². The molecule has 0 saturated heterocycles. The number of hydrogen-bond acceptors (Lipinski definition) is 8. The van der Waals surface area contributed by atoms with Crippen molar-refractivity contribution in [2.24, 2.45) is 39.9 Å². The van der Waals surface area contributed by atoms with Crippen molar-refractivity contribution in [3.63, 3.8) is 0 Å². The number of aliphatic hydroxyl groups excluding tert-OH is 3. The molecule has 0 amide bonds. The summed E-state index contributed by atoms with van der Waals surface area (Å²) >= 11 is 0. The highest BCUT2D eigenvalue weighted by Gasteiger charge is 2.70. The van der Waals surface area contributed by atoms with Crippen molar-refractivity contribution in [2.75, 3.05) is 0 Å². The molecule has 0 aliphatic heterocycles. The summed E-state index contributed by atoms with van der Waals surface area (Å²) in [5.41, 5.74) is -3.95. The van der Waals surface area contributed by atoms with Crippen LogP contribution in [-0.2, 0) is 19.1 Å². The first-order valence-corrected chi connectivity index (χ1v) is 14.4. The summed E-state index contributed by atoms with van der Waals surface area (Å²) in [6, 6.07) is 0. The molecule has 3 saturated carbocycles. The van der Waals surface area contributed by atoms with Gasteiger partial charge in [-0.05, 0) is 69.6 Å². The van der Waals surface area contributed by atoms with Crippen molar-refractivity contribution in [3.8, 4) is 0 Å². The zero-order chi connectivity index (χ0) is 29.5. The molecule has 8 heteroatoms. The lowest BCUT2D eigenvalue weighted by molar-refractivity contribution is -0.173. The van der Waals surface area contributed by atoms with Gasteiger partial charge in [-0.25, -0.2) is 0 Å². The number of fused-ring (bicyclic) bond motifs is 5. The van der Waals surface area contributed by atoms with Crippen LogP contribution in [0.5, 0.6) is 0 Å². The highest BCUT2D eigenvalue weighted by Crippen LogP contribution is 2.69. The number of ether oxygens (including phenoxy) is 1. The Bertz CT molecular complexity index is 1070. The van der Waals surface area contributed by atoms with E-state index in [1.165, 1.54) is 13.8 Å². The van der Waals surface area contributed by atoms with Crippen LogP contribution in [0.2, 0.25) is 0 Å². The number of ketones is 2. The van der Waals surface area contributed by atoms with Gasteiger partial charge in [-0.3, -0.25) is 14.4 Å². The van der Waals surface area contributed by atoms with Crippen molar-refractivity contribution in [1.82, 2.24) is 0 Å². The van der Waals surface area contributed by atoms with Crippen LogP contribution >= 0.6 is 0 Å². The molecule has 220 valence electrons. The van der Waals surface area contributed by atoms with E-state index in [2.05, 4.69) is 6.08 Å². The molecule has 39 heavy (non-hydrogen) atoms. The largest absolute Gasteiger partial charge is 0.460 e. The number of allylic oxidation sites excluding steroid dienone is 1. The van der Waals surface area contributed by atoms with E-state index in [0.717, 1.165) is 5.57 Å². The maximum absolute atomic E-state index is 14.2. The van der Waals surface area contributed by atoms with Crippen LogP contribution in [-0.4, -0.2) is 67.5 Å². The van der Waals surface area contributed by atoms with Crippen molar-refractivity contribution >= 4 is 17.5 Å². The van der Waals surface area contributed by atoms with E-state index in [4.69, 9.17) is 4.74 Å². The molecule has 0 aromatic heterocycles. The summed E-state index contributed by atoms with van der Waals surface area (Å²) in [5, 5.41) is 44.6. The third-order valence-corrected chi connectivity index (χ3v) is 11.4. The molecule has 0 heterocycles. The summed E-state index contributed by atoms with van der Waals surface area (Å²) in [5.74, 6) is -2.13. The van der Waals surface area contributed by atoms with Gasteiger partial charge in [0.25, 0.3) is 0 Å². The van der Waals surface area contributed by atoms with E-state index in [0.29, 0.717) is 19.3 Å². The summed E-state index contributed by atoms with van der Waals surface area (Å²) in [6.07, 6.45) is 0.926. The predicted octanol–water partition coefficient (Wildman–Crippen LogP) is 3.13. The fraction of sp³-hybridized carbons (Fsp3) is 0.839. The SMILES string of the molecule is CC(=O)OC(C)(C)CCC(=O)[C@](C)(O)[C@H]1[C@H](O)CC2[C@@H]3CC=C4[C@@H](C[C@H](O)[C@@H](O)C4(C)C)[C@]3(C)C(=O)C[C@@]21C. The molecule has 10 atom stereocenters. The van der Waals surface area contributed by atoms with E-state index < -0.39 is 63.4 Å². The molecule has 4 N–H and O–H groups in total. The van der Waals surface area contributed by atoms with Gasteiger partial charge < -0.3 is 25.2 Å². The number of rotatable bonds is 6. The fourth-order valence-electron chi connectivity index (χ4n) is 9.35. The quantitative estimate of drug-likeness (QED) is 0.293. The Morgan fingerprint density at radius 3 is 2.23 bits per heavy atom. The lowest BCUT2D eigenvalue weighted by atomic mass is 9.42. The van der Waals surface area contributed by atoms with E-state index in [9.17, 15) is 34.8 Å². The minimum atomic E-state index is -1.87. The molecule has 3 fully saturated rings. The van der Waals surface area contributed by atoms with Gasteiger partial charge in [-0.15, -0.1) is 0 Å². The van der Waals surface area contributed by atoms with Gasteiger partial charge >= 0.3 is 5.97 Å². The molecule has 0 aromatic carbocycles. The van der Waals surface area contributed by atoms with Crippen molar-refractivity contribution in [2.45, 2.75) is 123 Å². The average molecular weight is 549 g/mol. The molecule has 0 bridgehead atoms. The van der Waals surface area contributed by atoms with Crippen LogP contribution in [0.4, 0.5) is 0 Å². The molecule has 4 aliphatic rings. The van der Waals surface area contributed by atoms with Crippen LogP contribution in [0.1, 0.15) is 93.9 Å². The number of carbonyl (C=O) groups excluding carboxylic acids is 3. The first-order valence-electron chi connectivity index (χ1n) is 14.4. The Labute approximate surface area is 232 Å². The summed E-state index contributed by atoms with van der Waals surface area (Å²) in [7, 11) is 0.